The van der Waals surface area contributed by atoms with Gasteiger partial charge >= 0.3 is 0 Å². The molecular weight excluding hydrogens is 242 g/mol. The molecule has 1 aromatic rings. The van der Waals surface area contributed by atoms with Gasteiger partial charge in [0, 0.05) is 24.7 Å². The zero-order valence-corrected chi connectivity index (χ0v) is 11.6. The Morgan fingerprint density at radius 1 is 1.47 bits per heavy atom. The first-order chi connectivity index (χ1) is 9.15. The normalized spacial score (nSPS) is 19.5. The molecule has 1 unspecified atom stereocenters. The maximum atomic E-state index is 11.3. The van der Waals surface area contributed by atoms with Crippen molar-refractivity contribution in [3.8, 4) is 0 Å². The third-order valence-electron chi connectivity index (χ3n) is 3.78. The second-order valence-electron chi connectivity index (χ2n) is 5.10. The number of hydrogen-bond donors (Lipinski definition) is 1. The number of likely N-dealkylation sites (N-methyl/N-ethyl adjacent to an activating group) is 1. The van der Waals surface area contributed by atoms with Crippen molar-refractivity contribution in [1.82, 2.24) is 5.32 Å². The molecule has 19 heavy (non-hydrogen) atoms. The summed E-state index contributed by atoms with van der Waals surface area (Å²) in [6.45, 7) is 3.57. The van der Waals surface area contributed by atoms with Crippen LogP contribution in [0.25, 0.3) is 0 Å². The Hall–Kier alpha value is -1.62. The molecule has 104 valence electrons. The van der Waals surface area contributed by atoms with Crippen LogP contribution in [0.2, 0.25) is 0 Å². The first-order valence-electron chi connectivity index (χ1n) is 6.80. The van der Waals surface area contributed by atoms with E-state index in [-0.39, 0.29) is 10.6 Å². The van der Waals surface area contributed by atoms with Gasteiger partial charge in [-0.05, 0) is 39.3 Å². The van der Waals surface area contributed by atoms with Crippen LogP contribution in [0.1, 0.15) is 24.8 Å². The lowest BCUT2D eigenvalue weighted by Crippen LogP contribution is -2.45. The highest BCUT2D eigenvalue weighted by Crippen LogP contribution is 2.34. The zero-order valence-electron chi connectivity index (χ0n) is 11.6. The third kappa shape index (κ3) is 2.87. The van der Waals surface area contributed by atoms with E-state index in [4.69, 9.17) is 0 Å². The van der Waals surface area contributed by atoms with Crippen molar-refractivity contribution in [3.63, 3.8) is 0 Å². The van der Waals surface area contributed by atoms with E-state index in [0.29, 0.717) is 6.04 Å². The summed E-state index contributed by atoms with van der Waals surface area (Å²) in [6, 6.07) is 5.93. The van der Waals surface area contributed by atoms with Gasteiger partial charge in [-0.3, -0.25) is 10.1 Å². The van der Waals surface area contributed by atoms with Crippen LogP contribution in [0.5, 0.6) is 0 Å². The van der Waals surface area contributed by atoms with E-state index in [0.717, 1.165) is 37.2 Å². The number of nitrogens with one attached hydrogen (secondary N) is 1. The largest absolute Gasteiger partial charge is 0.362 e. The van der Waals surface area contributed by atoms with Crippen molar-refractivity contribution in [2.75, 3.05) is 25.0 Å². The Bertz CT molecular complexity index is 460. The minimum Gasteiger partial charge on any atom is -0.362 e. The van der Waals surface area contributed by atoms with E-state index in [1.165, 1.54) is 6.42 Å². The van der Waals surface area contributed by atoms with Crippen molar-refractivity contribution < 1.29 is 4.92 Å². The summed E-state index contributed by atoms with van der Waals surface area (Å²) in [7, 11) is 1.93. The fourth-order valence-electron chi connectivity index (χ4n) is 2.88. The quantitative estimate of drug-likeness (QED) is 0.669. The second kappa shape index (κ2) is 6.02. The number of piperidine rings is 1. The third-order valence-corrected chi connectivity index (χ3v) is 3.78. The van der Waals surface area contributed by atoms with Crippen LogP contribution in [0.4, 0.5) is 11.4 Å². The highest BCUT2D eigenvalue weighted by molar-refractivity contribution is 5.67. The Labute approximate surface area is 113 Å². The first-order valence-corrected chi connectivity index (χ1v) is 6.80. The Morgan fingerprint density at radius 2 is 2.26 bits per heavy atom. The highest BCUT2D eigenvalue weighted by atomic mass is 16.6. The standard InChI is InChI=1S/C14H21N3O2/c1-11-6-5-8-13(14(11)17(18)19)16-9-4-3-7-12(16)10-15-2/h5-6,8,12,15H,3-4,7,9-10H2,1-2H3. The first kappa shape index (κ1) is 13.8. The lowest BCUT2D eigenvalue weighted by molar-refractivity contribution is -0.384. The lowest BCUT2D eigenvalue weighted by atomic mass is 10.00. The van der Waals surface area contributed by atoms with Crippen molar-refractivity contribution in [2.24, 2.45) is 0 Å². The molecule has 0 saturated carbocycles. The molecule has 0 aliphatic carbocycles. The monoisotopic (exact) mass is 263 g/mol. The molecule has 1 saturated heterocycles. The molecule has 0 amide bonds. The summed E-state index contributed by atoms with van der Waals surface area (Å²) in [5, 5.41) is 14.5. The molecule has 1 fully saturated rings. The van der Waals surface area contributed by atoms with Gasteiger partial charge in [-0.15, -0.1) is 0 Å². The van der Waals surface area contributed by atoms with Gasteiger partial charge in [-0.2, -0.15) is 0 Å². The molecule has 5 heteroatoms. The van der Waals surface area contributed by atoms with Gasteiger partial charge in [-0.1, -0.05) is 12.1 Å². The molecule has 0 radical (unpaired) electrons. The van der Waals surface area contributed by atoms with E-state index in [1.54, 1.807) is 13.0 Å². The molecule has 0 bridgehead atoms. The summed E-state index contributed by atoms with van der Waals surface area (Å²) in [5.74, 6) is 0. The van der Waals surface area contributed by atoms with Gasteiger partial charge in [0.1, 0.15) is 5.69 Å². The maximum Gasteiger partial charge on any atom is 0.295 e. The van der Waals surface area contributed by atoms with E-state index in [2.05, 4.69) is 10.2 Å². The number of aryl methyl sites for hydroxylation is 1. The maximum absolute atomic E-state index is 11.3. The van der Waals surface area contributed by atoms with Gasteiger partial charge in [0.25, 0.3) is 5.69 Å². The molecule has 1 N–H and O–H groups in total. The average Bonchev–Trinajstić information content (AvgIpc) is 2.39. The van der Waals surface area contributed by atoms with Crippen LogP contribution in [0, 0.1) is 17.0 Å². The highest BCUT2D eigenvalue weighted by Gasteiger charge is 2.28. The SMILES string of the molecule is CNCC1CCCCN1c1cccc(C)c1[N+](=O)[O-]. The van der Waals surface area contributed by atoms with Crippen LogP contribution in [-0.4, -0.2) is 31.1 Å². The Kier molecular flexibility index (Phi) is 4.37. The number of para-hydroxylation sites is 1. The molecule has 5 nitrogen and oxygen atoms in total. The van der Waals surface area contributed by atoms with Crippen molar-refractivity contribution in [3.05, 3.63) is 33.9 Å². The smallest absolute Gasteiger partial charge is 0.295 e. The van der Waals surface area contributed by atoms with Crippen molar-refractivity contribution in [2.45, 2.75) is 32.2 Å². The summed E-state index contributed by atoms with van der Waals surface area (Å²) in [4.78, 5) is 13.3. The number of nitro benzene ring substituents is 1. The number of benzene rings is 1. The topological polar surface area (TPSA) is 58.4 Å². The minimum absolute atomic E-state index is 0.254. The van der Waals surface area contributed by atoms with Crippen LogP contribution in [0.3, 0.4) is 0 Å². The average molecular weight is 263 g/mol. The number of hydrogen-bond acceptors (Lipinski definition) is 4. The molecule has 1 atom stereocenters. The van der Waals surface area contributed by atoms with Gasteiger partial charge < -0.3 is 10.2 Å². The number of nitro groups is 1. The molecule has 1 aliphatic heterocycles. The van der Waals surface area contributed by atoms with E-state index < -0.39 is 0 Å². The molecule has 2 rings (SSSR count). The number of nitrogens with zero attached hydrogens (tertiary/aromatic N) is 2. The summed E-state index contributed by atoms with van der Waals surface area (Å²) >= 11 is 0. The number of rotatable bonds is 4. The zero-order chi connectivity index (χ0) is 13.8. The molecule has 1 aromatic carbocycles. The van der Waals surface area contributed by atoms with E-state index in [1.807, 2.05) is 19.2 Å². The van der Waals surface area contributed by atoms with Gasteiger partial charge in [0.05, 0.1) is 4.92 Å². The molecule has 0 aromatic heterocycles. The number of anilines is 1. The fraction of sp³-hybridized carbons (Fsp3) is 0.571. The molecule has 1 heterocycles. The van der Waals surface area contributed by atoms with Crippen molar-refractivity contribution >= 4 is 11.4 Å². The summed E-state index contributed by atoms with van der Waals surface area (Å²) < 4.78 is 0. The van der Waals surface area contributed by atoms with Gasteiger partial charge in [-0.25, -0.2) is 0 Å². The minimum atomic E-state index is -0.254. The molecule has 1 aliphatic rings. The van der Waals surface area contributed by atoms with E-state index in [9.17, 15) is 10.1 Å². The van der Waals surface area contributed by atoms with Crippen LogP contribution in [0.15, 0.2) is 18.2 Å². The molecular formula is C14H21N3O2. The lowest BCUT2D eigenvalue weighted by Gasteiger charge is -2.37. The van der Waals surface area contributed by atoms with E-state index >= 15 is 0 Å². The van der Waals surface area contributed by atoms with Crippen LogP contribution in [-0.2, 0) is 0 Å². The van der Waals surface area contributed by atoms with Crippen LogP contribution < -0.4 is 10.2 Å². The Morgan fingerprint density at radius 3 is 2.95 bits per heavy atom. The summed E-state index contributed by atoms with van der Waals surface area (Å²) in [5.41, 5.74) is 1.76. The van der Waals surface area contributed by atoms with Gasteiger partial charge in [0.2, 0.25) is 0 Å². The van der Waals surface area contributed by atoms with Gasteiger partial charge in [0.15, 0.2) is 0 Å². The van der Waals surface area contributed by atoms with Crippen molar-refractivity contribution in [1.29, 1.82) is 0 Å². The molecule has 0 spiro atoms. The Balaban J connectivity index is 2.38. The fourth-order valence-corrected chi connectivity index (χ4v) is 2.88. The second-order valence-corrected chi connectivity index (χ2v) is 5.10. The predicted molar refractivity (Wildman–Crippen MR) is 76.7 cm³/mol. The predicted octanol–water partition coefficient (Wildman–Crippen LogP) is 2.48. The summed E-state index contributed by atoms with van der Waals surface area (Å²) in [6.07, 6.45) is 3.39. The van der Waals surface area contributed by atoms with Crippen LogP contribution >= 0.6 is 0 Å².